The molecule has 0 unspecified atom stereocenters. The molecule has 0 amide bonds. The number of hydrogen-bond donors (Lipinski definition) is 2. The molecule has 2 aromatic carbocycles. The van der Waals surface area contributed by atoms with E-state index in [0.29, 0.717) is 29.4 Å². The molecular weight excluding hydrogens is 431 g/mol. The second kappa shape index (κ2) is 10.9. The molecule has 2 N–H and O–H groups in total. The third-order valence-corrected chi connectivity index (χ3v) is 5.97. The molecule has 0 saturated heterocycles. The molecule has 1 heterocycles. The fourth-order valence-electron chi connectivity index (χ4n) is 3.51. The van der Waals surface area contributed by atoms with Crippen molar-refractivity contribution in [1.82, 2.24) is 9.55 Å². The number of carbonyl (C=O) groups is 2. The minimum Gasteiger partial charge on any atom is -0.478 e. The van der Waals surface area contributed by atoms with Crippen LogP contribution >= 0.6 is 11.8 Å². The van der Waals surface area contributed by atoms with Crippen molar-refractivity contribution < 1.29 is 24.2 Å². The molecule has 168 valence electrons. The molecule has 32 heavy (non-hydrogen) atoms. The summed E-state index contributed by atoms with van der Waals surface area (Å²) in [6.07, 6.45) is 2.45. The number of aromatic carboxylic acids is 2. The number of carboxylic acids is 2. The first-order valence-corrected chi connectivity index (χ1v) is 11.4. The van der Waals surface area contributed by atoms with Gasteiger partial charge in [-0.15, -0.1) is 11.8 Å². The number of aromatic nitrogens is 2. The number of alkyl halides is 1. The lowest BCUT2D eigenvalue weighted by Gasteiger charge is -2.12. The van der Waals surface area contributed by atoms with E-state index in [1.807, 2.05) is 24.3 Å². The van der Waals surface area contributed by atoms with Crippen molar-refractivity contribution in [3.05, 3.63) is 71.2 Å². The van der Waals surface area contributed by atoms with Crippen molar-refractivity contribution in [1.29, 1.82) is 0 Å². The SMILES string of the molecule is CCCCc1nc(SCCF)c(C(=O)O)n1Cc1ccc(-c2ccccc2C(=O)O)cc1. The van der Waals surface area contributed by atoms with Crippen LogP contribution in [0.3, 0.4) is 0 Å². The Morgan fingerprint density at radius 2 is 1.78 bits per heavy atom. The lowest BCUT2D eigenvalue weighted by molar-refractivity contribution is 0.0675. The number of halogens is 1. The molecule has 0 aliphatic heterocycles. The number of imidazole rings is 1. The third kappa shape index (κ3) is 5.37. The Morgan fingerprint density at radius 3 is 2.41 bits per heavy atom. The zero-order chi connectivity index (χ0) is 23.1. The maximum absolute atomic E-state index is 12.7. The topological polar surface area (TPSA) is 92.4 Å². The van der Waals surface area contributed by atoms with Gasteiger partial charge in [-0.3, -0.25) is 4.39 Å². The average Bonchev–Trinajstić information content (AvgIpc) is 3.13. The Morgan fingerprint density at radius 1 is 1.06 bits per heavy atom. The van der Waals surface area contributed by atoms with Crippen LogP contribution in [0.2, 0.25) is 0 Å². The van der Waals surface area contributed by atoms with E-state index in [1.54, 1.807) is 28.8 Å². The molecule has 0 atom stereocenters. The molecular formula is C24H25FN2O4S. The van der Waals surface area contributed by atoms with E-state index >= 15 is 0 Å². The van der Waals surface area contributed by atoms with Crippen molar-refractivity contribution in [2.24, 2.45) is 0 Å². The highest BCUT2D eigenvalue weighted by Crippen LogP contribution is 2.27. The van der Waals surface area contributed by atoms with Crippen LogP contribution in [0.15, 0.2) is 53.6 Å². The van der Waals surface area contributed by atoms with Gasteiger partial charge >= 0.3 is 11.9 Å². The number of rotatable bonds is 11. The molecule has 3 rings (SSSR count). The van der Waals surface area contributed by atoms with Crippen LogP contribution in [-0.4, -0.2) is 44.1 Å². The highest BCUT2D eigenvalue weighted by molar-refractivity contribution is 7.99. The molecule has 0 fully saturated rings. The minimum absolute atomic E-state index is 0.0786. The number of unbranched alkanes of at least 4 members (excludes halogenated alkanes) is 1. The molecule has 3 aromatic rings. The molecule has 0 spiro atoms. The summed E-state index contributed by atoms with van der Waals surface area (Å²) in [6.45, 7) is 1.81. The van der Waals surface area contributed by atoms with Crippen molar-refractivity contribution in [2.75, 3.05) is 12.4 Å². The fourth-order valence-corrected chi connectivity index (χ4v) is 4.28. The van der Waals surface area contributed by atoms with Gasteiger partial charge in [-0.25, -0.2) is 14.6 Å². The highest BCUT2D eigenvalue weighted by Gasteiger charge is 2.23. The monoisotopic (exact) mass is 456 g/mol. The zero-order valence-corrected chi connectivity index (χ0v) is 18.6. The van der Waals surface area contributed by atoms with Crippen molar-refractivity contribution in [3.63, 3.8) is 0 Å². The van der Waals surface area contributed by atoms with Gasteiger partial charge in [-0.2, -0.15) is 0 Å². The summed E-state index contributed by atoms with van der Waals surface area (Å²) in [6, 6.07) is 14.2. The lowest BCUT2D eigenvalue weighted by atomic mass is 9.99. The number of thioether (sulfide) groups is 1. The molecule has 6 nitrogen and oxygen atoms in total. The van der Waals surface area contributed by atoms with Gasteiger partial charge in [0.05, 0.1) is 12.2 Å². The van der Waals surface area contributed by atoms with Crippen molar-refractivity contribution in [3.8, 4) is 11.1 Å². The average molecular weight is 457 g/mol. The van der Waals surface area contributed by atoms with E-state index in [1.165, 1.54) is 0 Å². The Hall–Kier alpha value is -3.13. The van der Waals surface area contributed by atoms with Gasteiger partial charge in [0.15, 0.2) is 5.69 Å². The zero-order valence-electron chi connectivity index (χ0n) is 17.8. The van der Waals surface area contributed by atoms with Crippen molar-refractivity contribution in [2.45, 2.75) is 37.8 Å². The Balaban J connectivity index is 1.95. The van der Waals surface area contributed by atoms with Crippen LogP contribution in [0, 0.1) is 0 Å². The normalized spacial score (nSPS) is 10.9. The number of hydrogen-bond acceptors (Lipinski definition) is 4. The van der Waals surface area contributed by atoms with Gasteiger partial charge in [0.1, 0.15) is 10.9 Å². The number of nitrogens with zero attached hydrogens (tertiary/aromatic N) is 2. The molecule has 0 aliphatic carbocycles. The van der Waals surface area contributed by atoms with Gasteiger partial charge < -0.3 is 14.8 Å². The van der Waals surface area contributed by atoms with E-state index in [-0.39, 0.29) is 17.0 Å². The van der Waals surface area contributed by atoms with E-state index in [0.717, 1.165) is 35.7 Å². The molecule has 8 heteroatoms. The molecule has 1 aromatic heterocycles. The molecule has 0 radical (unpaired) electrons. The van der Waals surface area contributed by atoms with E-state index < -0.39 is 18.6 Å². The van der Waals surface area contributed by atoms with Gasteiger partial charge in [0, 0.05) is 18.7 Å². The summed E-state index contributed by atoms with van der Waals surface area (Å²) >= 11 is 1.12. The first-order valence-electron chi connectivity index (χ1n) is 10.4. The smallest absolute Gasteiger partial charge is 0.355 e. The summed E-state index contributed by atoms with van der Waals surface area (Å²) in [4.78, 5) is 28.0. The molecule has 0 saturated carbocycles. The highest BCUT2D eigenvalue weighted by atomic mass is 32.2. The van der Waals surface area contributed by atoms with Crippen molar-refractivity contribution >= 4 is 23.7 Å². The van der Waals surface area contributed by atoms with Gasteiger partial charge in [0.25, 0.3) is 0 Å². The van der Waals surface area contributed by atoms with Crippen LogP contribution in [-0.2, 0) is 13.0 Å². The van der Waals surface area contributed by atoms with Crippen LogP contribution in [0.1, 0.15) is 52.0 Å². The Labute approximate surface area is 190 Å². The fraction of sp³-hybridized carbons (Fsp3) is 0.292. The Bertz CT molecular complexity index is 1100. The lowest BCUT2D eigenvalue weighted by Crippen LogP contribution is -2.13. The predicted molar refractivity (Wildman–Crippen MR) is 122 cm³/mol. The van der Waals surface area contributed by atoms with Crippen LogP contribution in [0.5, 0.6) is 0 Å². The summed E-state index contributed by atoms with van der Waals surface area (Å²) < 4.78 is 14.4. The minimum atomic E-state index is -1.09. The van der Waals surface area contributed by atoms with Gasteiger partial charge in [0.2, 0.25) is 0 Å². The summed E-state index contributed by atoms with van der Waals surface area (Å²) in [5.74, 6) is -1.25. The summed E-state index contributed by atoms with van der Waals surface area (Å²) in [7, 11) is 0. The summed E-state index contributed by atoms with van der Waals surface area (Å²) in [5, 5.41) is 19.6. The third-order valence-electron chi connectivity index (χ3n) is 5.05. The van der Waals surface area contributed by atoms with Gasteiger partial charge in [-0.05, 0) is 29.2 Å². The van der Waals surface area contributed by atoms with Crippen LogP contribution in [0.4, 0.5) is 4.39 Å². The maximum Gasteiger partial charge on any atom is 0.355 e. The number of aryl methyl sites for hydroxylation is 1. The van der Waals surface area contributed by atoms with Crippen LogP contribution < -0.4 is 0 Å². The number of benzene rings is 2. The molecule has 0 aliphatic rings. The van der Waals surface area contributed by atoms with Gasteiger partial charge in [-0.1, -0.05) is 55.8 Å². The summed E-state index contributed by atoms with van der Waals surface area (Å²) in [5.41, 5.74) is 2.55. The second-order valence-electron chi connectivity index (χ2n) is 7.26. The quantitative estimate of drug-likeness (QED) is 0.375. The van der Waals surface area contributed by atoms with E-state index in [9.17, 15) is 24.2 Å². The second-order valence-corrected chi connectivity index (χ2v) is 8.35. The first-order chi connectivity index (χ1) is 15.5. The number of carboxylic acid groups (broad SMARTS) is 2. The van der Waals surface area contributed by atoms with E-state index in [2.05, 4.69) is 11.9 Å². The Kier molecular flexibility index (Phi) is 8.05. The van der Waals surface area contributed by atoms with E-state index in [4.69, 9.17) is 0 Å². The molecule has 0 bridgehead atoms. The largest absolute Gasteiger partial charge is 0.478 e. The predicted octanol–water partition coefficient (Wildman–Crippen LogP) is 5.40. The van der Waals surface area contributed by atoms with Crippen LogP contribution in [0.25, 0.3) is 11.1 Å². The maximum atomic E-state index is 12.7. The first kappa shape index (κ1) is 23.5. The standard InChI is InChI=1S/C24H25FN2O4S/c1-2-3-8-20-26-22(32-14-13-25)21(24(30)31)27(20)15-16-9-11-17(12-10-16)18-6-4-5-7-19(18)23(28)29/h4-7,9-12H,2-3,8,13-15H2,1H3,(H,28,29)(H,30,31).